The van der Waals surface area contributed by atoms with Crippen LogP contribution < -0.4 is 4.90 Å². The van der Waals surface area contributed by atoms with Crippen LogP contribution in [0.4, 0.5) is 19.2 Å². The van der Waals surface area contributed by atoms with Crippen molar-refractivity contribution in [2.24, 2.45) is 0 Å². The molecule has 0 aliphatic carbocycles. The fourth-order valence-electron chi connectivity index (χ4n) is 3.38. The topological polar surface area (TPSA) is 84.0 Å². The SMILES string of the molecule is Fc1cccc2oc([C@H]3c4nc[nH]c4CCN3c3nnc(C(F)F)o3)cc12. The van der Waals surface area contributed by atoms with Crippen molar-refractivity contribution in [3.05, 3.63) is 59.4 Å². The minimum atomic E-state index is -2.87. The molecule has 0 amide bonds. The maximum Gasteiger partial charge on any atom is 0.319 e. The Bertz CT molecular complexity index is 1120. The highest BCUT2D eigenvalue weighted by molar-refractivity contribution is 5.79. The zero-order valence-electron chi connectivity index (χ0n) is 13.7. The van der Waals surface area contributed by atoms with Crippen LogP contribution in [0.2, 0.25) is 0 Å². The van der Waals surface area contributed by atoms with E-state index in [1.807, 2.05) is 0 Å². The predicted octanol–water partition coefficient (Wildman–Crippen LogP) is 3.77. The average Bonchev–Trinajstić information content (AvgIpc) is 3.39. The van der Waals surface area contributed by atoms with E-state index >= 15 is 0 Å². The lowest BCUT2D eigenvalue weighted by molar-refractivity contribution is 0.115. The number of H-pyrrole nitrogens is 1. The molecule has 10 heteroatoms. The Morgan fingerprint density at radius 3 is 2.89 bits per heavy atom. The molecular weight excluding hydrogens is 363 g/mol. The number of hydrogen-bond donors (Lipinski definition) is 1. The van der Waals surface area contributed by atoms with Crippen LogP contribution >= 0.6 is 0 Å². The minimum absolute atomic E-state index is 0.0649. The Kier molecular flexibility index (Phi) is 3.46. The Balaban J connectivity index is 1.65. The van der Waals surface area contributed by atoms with Crippen LogP contribution in [0.25, 0.3) is 11.0 Å². The maximum absolute atomic E-state index is 14.1. The fraction of sp³-hybridized carbons (Fsp3) is 0.235. The van der Waals surface area contributed by atoms with E-state index in [2.05, 4.69) is 20.2 Å². The highest BCUT2D eigenvalue weighted by Crippen LogP contribution is 2.39. The summed E-state index contributed by atoms with van der Waals surface area (Å²) in [5, 5.41) is 7.46. The van der Waals surface area contributed by atoms with Crippen molar-refractivity contribution >= 4 is 17.0 Å². The van der Waals surface area contributed by atoms with Crippen LogP contribution in [0.5, 0.6) is 0 Å². The van der Waals surface area contributed by atoms with Crippen LogP contribution in [0.3, 0.4) is 0 Å². The third-order valence-electron chi connectivity index (χ3n) is 4.58. The number of nitrogens with one attached hydrogen (secondary N) is 1. The van der Waals surface area contributed by atoms with Gasteiger partial charge in [-0.05, 0) is 18.2 Å². The summed E-state index contributed by atoms with van der Waals surface area (Å²) in [7, 11) is 0. The summed E-state index contributed by atoms with van der Waals surface area (Å²) in [6, 6.07) is 5.45. The van der Waals surface area contributed by atoms with Crippen LogP contribution in [-0.2, 0) is 6.42 Å². The number of rotatable bonds is 3. The number of aromatic amines is 1. The van der Waals surface area contributed by atoms with Crippen molar-refractivity contribution in [3.63, 3.8) is 0 Å². The molecule has 0 saturated heterocycles. The molecule has 0 fully saturated rings. The third-order valence-corrected chi connectivity index (χ3v) is 4.58. The predicted molar refractivity (Wildman–Crippen MR) is 86.9 cm³/mol. The molecule has 0 radical (unpaired) electrons. The molecule has 1 aliphatic rings. The Morgan fingerprint density at radius 2 is 2.11 bits per heavy atom. The molecule has 0 unspecified atom stereocenters. The third kappa shape index (κ3) is 2.47. The number of alkyl halides is 2. The Hall–Kier alpha value is -3.30. The van der Waals surface area contributed by atoms with Gasteiger partial charge in [-0.25, -0.2) is 9.37 Å². The van der Waals surface area contributed by atoms with E-state index in [4.69, 9.17) is 8.83 Å². The summed E-state index contributed by atoms with van der Waals surface area (Å²) >= 11 is 0. The Labute approximate surface area is 149 Å². The van der Waals surface area contributed by atoms with E-state index in [0.717, 1.165) is 5.69 Å². The highest BCUT2D eigenvalue weighted by Gasteiger charge is 2.37. The molecule has 1 atom stereocenters. The summed E-state index contributed by atoms with van der Waals surface area (Å²) in [4.78, 5) is 9.03. The van der Waals surface area contributed by atoms with Gasteiger partial charge in [0.15, 0.2) is 0 Å². The van der Waals surface area contributed by atoms with Gasteiger partial charge in [-0.15, -0.1) is 5.10 Å². The van der Waals surface area contributed by atoms with Crippen LogP contribution in [0, 0.1) is 5.82 Å². The van der Waals surface area contributed by atoms with Crippen LogP contribution in [-0.4, -0.2) is 26.7 Å². The summed E-state index contributed by atoms with van der Waals surface area (Å²) < 4.78 is 50.8. The van der Waals surface area contributed by atoms with Gasteiger partial charge in [0.1, 0.15) is 23.2 Å². The van der Waals surface area contributed by atoms with Crippen LogP contribution in [0.1, 0.15) is 35.5 Å². The van der Waals surface area contributed by atoms with Crippen molar-refractivity contribution in [1.29, 1.82) is 0 Å². The molecule has 3 aromatic heterocycles. The van der Waals surface area contributed by atoms with Crippen molar-refractivity contribution in [3.8, 4) is 0 Å². The first-order chi connectivity index (χ1) is 13.1. The van der Waals surface area contributed by atoms with Gasteiger partial charge in [0.05, 0.1) is 17.4 Å². The summed E-state index contributed by atoms with van der Waals surface area (Å²) in [5.74, 6) is -0.767. The van der Waals surface area contributed by atoms with Gasteiger partial charge in [0, 0.05) is 18.7 Å². The molecule has 5 rings (SSSR count). The molecule has 0 bridgehead atoms. The van der Waals surface area contributed by atoms with Crippen molar-refractivity contribution < 1.29 is 22.0 Å². The van der Waals surface area contributed by atoms with E-state index in [1.54, 1.807) is 29.4 Å². The van der Waals surface area contributed by atoms with E-state index in [1.165, 1.54) is 6.07 Å². The largest absolute Gasteiger partial charge is 0.458 e. The highest BCUT2D eigenvalue weighted by atomic mass is 19.3. The fourth-order valence-corrected chi connectivity index (χ4v) is 3.38. The molecule has 1 aromatic carbocycles. The summed E-state index contributed by atoms with van der Waals surface area (Å²) in [6.45, 7) is 0.407. The molecule has 138 valence electrons. The molecule has 4 aromatic rings. The van der Waals surface area contributed by atoms with E-state index in [-0.39, 0.29) is 6.01 Å². The number of fused-ring (bicyclic) bond motifs is 2. The first kappa shape index (κ1) is 15.9. The minimum Gasteiger partial charge on any atom is -0.458 e. The Morgan fingerprint density at radius 1 is 1.22 bits per heavy atom. The summed E-state index contributed by atoms with van der Waals surface area (Å²) in [6.07, 6.45) is -0.744. The van der Waals surface area contributed by atoms with Crippen LogP contribution in [0.15, 0.2) is 39.4 Å². The molecule has 0 spiro atoms. The second-order valence-electron chi connectivity index (χ2n) is 6.14. The van der Waals surface area contributed by atoms with E-state index in [0.29, 0.717) is 35.4 Å². The van der Waals surface area contributed by atoms with E-state index < -0.39 is 24.2 Å². The molecule has 7 nitrogen and oxygen atoms in total. The van der Waals surface area contributed by atoms with Gasteiger partial charge in [0.2, 0.25) is 0 Å². The van der Waals surface area contributed by atoms with Gasteiger partial charge in [-0.1, -0.05) is 11.2 Å². The maximum atomic E-state index is 14.1. The zero-order valence-corrected chi connectivity index (χ0v) is 13.7. The van der Waals surface area contributed by atoms with Gasteiger partial charge in [-0.3, -0.25) is 0 Å². The molecule has 1 aliphatic heterocycles. The number of furan rings is 1. The van der Waals surface area contributed by atoms with Gasteiger partial charge >= 0.3 is 12.4 Å². The summed E-state index contributed by atoms with van der Waals surface area (Å²) in [5.41, 5.74) is 1.90. The standard InChI is InChI=1S/C17H12F3N5O2/c18-9-2-1-3-11-8(9)6-12(26-11)14-13-10(21-7-22-13)4-5-25(14)17-24-23-16(27-17)15(19)20/h1-3,6-7,14-15H,4-5H2,(H,21,22)/t14-/m0/s1. The van der Waals surface area contributed by atoms with E-state index in [9.17, 15) is 13.2 Å². The number of benzene rings is 1. The zero-order chi connectivity index (χ0) is 18.5. The lowest BCUT2D eigenvalue weighted by Gasteiger charge is -2.31. The number of hydrogen-bond acceptors (Lipinski definition) is 6. The van der Waals surface area contributed by atoms with Gasteiger partial charge < -0.3 is 18.7 Å². The number of imidazole rings is 1. The number of aromatic nitrogens is 4. The molecule has 27 heavy (non-hydrogen) atoms. The number of anilines is 1. The lowest BCUT2D eigenvalue weighted by atomic mass is 10.0. The lowest BCUT2D eigenvalue weighted by Crippen LogP contribution is -2.36. The first-order valence-electron chi connectivity index (χ1n) is 8.20. The average molecular weight is 375 g/mol. The normalized spacial score (nSPS) is 17.0. The first-order valence-corrected chi connectivity index (χ1v) is 8.20. The second-order valence-corrected chi connectivity index (χ2v) is 6.14. The number of nitrogens with zero attached hydrogens (tertiary/aromatic N) is 4. The van der Waals surface area contributed by atoms with Crippen molar-refractivity contribution in [2.45, 2.75) is 18.9 Å². The van der Waals surface area contributed by atoms with Crippen molar-refractivity contribution in [2.75, 3.05) is 11.4 Å². The van der Waals surface area contributed by atoms with Gasteiger partial charge in [0.25, 0.3) is 5.89 Å². The monoisotopic (exact) mass is 375 g/mol. The molecule has 0 saturated carbocycles. The molecule has 4 heterocycles. The molecule has 1 N–H and O–H groups in total. The van der Waals surface area contributed by atoms with Crippen molar-refractivity contribution in [1.82, 2.24) is 20.2 Å². The second kappa shape index (κ2) is 5.86. The smallest absolute Gasteiger partial charge is 0.319 e. The quantitative estimate of drug-likeness (QED) is 0.587. The number of halogens is 3. The molecular formula is C17H12F3N5O2. The van der Waals surface area contributed by atoms with Gasteiger partial charge in [-0.2, -0.15) is 8.78 Å².